The molecular weight excluding hydrogens is 644 g/mol. The van der Waals surface area contributed by atoms with Gasteiger partial charge in [0.25, 0.3) is 0 Å². The molecule has 2 aromatic carbocycles. The van der Waals surface area contributed by atoms with Crippen LogP contribution in [0.1, 0.15) is 58.1 Å². The second kappa shape index (κ2) is 12.1. The van der Waals surface area contributed by atoms with Crippen LogP contribution in [0.3, 0.4) is 0 Å². The minimum absolute atomic E-state index is 0.153. The highest BCUT2D eigenvalue weighted by Crippen LogP contribution is 2.49. The van der Waals surface area contributed by atoms with Gasteiger partial charge in [-0.25, -0.2) is 0 Å². The van der Waals surface area contributed by atoms with E-state index in [9.17, 15) is 0 Å². The molecule has 44 heavy (non-hydrogen) atoms. The zero-order valence-corrected chi connectivity index (χ0v) is 30.1. The van der Waals surface area contributed by atoms with Gasteiger partial charge in [-0.3, -0.25) is 0 Å². The van der Waals surface area contributed by atoms with E-state index in [0.29, 0.717) is 0 Å². The highest BCUT2D eigenvalue weighted by atomic mass is 35.5. The molecule has 0 unspecified atom stereocenters. The van der Waals surface area contributed by atoms with Gasteiger partial charge in [0, 0.05) is 56.5 Å². The molecule has 9 heteroatoms. The third-order valence-electron chi connectivity index (χ3n) is 9.10. The van der Waals surface area contributed by atoms with Crippen LogP contribution in [0.4, 0.5) is 11.4 Å². The summed E-state index contributed by atoms with van der Waals surface area (Å²) in [5.74, 6) is 0. The number of aromatic nitrogens is 2. The molecule has 0 saturated heterocycles. The predicted octanol–water partition coefficient (Wildman–Crippen LogP) is 10.6. The molecule has 3 heterocycles. The van der Waals surface area contributed by atoms with Crippen molar-refractivity contribution in [1.29, 1.82) is 0 Å². The Bertz CT molecular complexity index is 1810. The molecule has 4 nitrogen and oxygen atoms in total. The van der Waals surface area contributed by atoms with Crippen LogP contribution in [-0.4, -0.2) is 40.8 Å². The minimum atomic E-state index is -0.153. The molecule has 1 aromatic heterocycles. The van der Waals surface area contributed by atoms with Crippen LogP contribution in [0.15, 0.2) is 91.1 Å². The molecule has 2 aliphatic heterocycles. The summed E-state index contributed by atoms with van der Waals surface area (Å²) in [6.07, 6.45) is 14.5. The summed E-state index contributed by atoms with van der Waals surface area (Å²) in [4.78, 5) is 3.59. The van der Waals surface area contributed by atoms with Crippen molar-refractivity contribution < 1.29 is 4.58 Å². The topological polar surface area (TPSA) is 32.0 Å². The van der Waals surface area contributed by atoms with Gasteiger partial charge < -0.3 is 4.90 Å². The van der Waals surface area contributed by atoms with E-state index >= 15 is 0 Å². The smallest absolute Gasteiger partial charge is 0.209 e. The zero-order valence-electron chi connectivity index (χ0n) is 26.2. The highest BCUT2D eigenvalue weighted by Gasteiger charge is 2.43. The Morgan fingerprint density at radius 2 is 1.61 bits per heavy atom. The first-order valence-electron chi connectivity index (χ1n) is 14.7. The molecule has 0 bridgehead atoms. The molecule has 0 radical (unpaired) electrons. The van der Waals surface area contributed by atoms with E-state index in [0.717, 1.165) is 38.0 Å². The normalized spacial score (nSPS) is 20.9. The van der Waals surface area contributed by atoms with Crippen LogP contribution < -0.4 is 4.90 Å². The molecule has 0 amide bonds. The number of thioether (sulfide) groups is 2. The lowest BCUT2D eigenvalue weighted by molar-refractivity contribution is -0.401. The van der Waals surface area contributed by atoms with Gasteiger partial charge in [0.05, 0.1) is 5.41 Å². The largest absolute Gasteiger partial charge is 0.347 e. The molecule has 0 atom stereocenters. The molecule has 0 saturated carbocycles. The van der Waals surface area contributed by atoms with Gasteiger partial charge in [-0.1, -0.05) is 84.1 Å². The highest BCUT2D eigenvalue weighted by molar-refractivity contribution is 8.05. The van der Waals surface area contributed by atoms with Crippen molar-refractivity contribution in [2.45, 2.75) is 66.5 Å². The quantitative estimate of drug-likeness (QED) is 0.191. The van der Waals surface area contributed by atoms with E-state index in [4.69, 9.17) is 23.2 Å². The van der Waals surface area contributed by atoms with Crippen LogP contribution in [0.25, 0.3) is 0 Å². The summed E-state index contributed by atoms with van der Waals surface area (Å²) in [6.45, 7) is 9.13. The molecule has 3 aromatic rings. The van der Waals surface area contributed by atoms with Crippen molar-refractivity contribution in [3.63, 3.8) is 0 Å². The summed E-state index contributed by atoms with van der Waals surface area (Å²) < 4.78 is 4.27. The molecule has 228 valence electrons. The third kappa shape index (κ3) is 5.64. The van der Waals surface area contributed by atoms with Crippen molar-refractivity contribution in [2.24, 2.45) is 0 Å². The first kappa shape index (κ1) is 31.7. The fraction of sp³-hybridized carbons (Fsp3) is 0.343. The van der Waals surface area contributed by atoms with Gasteiger partial charge in [-0.2, -0.15) is 4.58 Å². The van der Waals surface area contributed by atoms with Crippen molar-refractivity contribution >= 4 is 75.1 Å². The summed E-state index contributed by atoms with van der Waals surface area (Å²) in [7, 11) is 4.31. The Labute approximate surface area is 283 Å². The number of benzene rings is 2. The van der Waals surface area contributed by atoms with E-state index in [1.54, 1.807) is 34.9 Å². The molecule has 3 aliphatic rings. The van der Waals surface area contributed by atoms with E-state index in [1.807, 2.05) is 18.4 Å². The van der Waals surface area contributed by atoms with Crippen LogP contribution in [0, 0.1) is 0 Å². The number of rotatable bonds is 6. The summed E-state index contributed by atoms with van der Waals surface area (Å²) in [6, 6.07) is 12.4. The van der Waals surface area contributed by atoms with E-state index in [-0.39, 0.29) is 10.8 Å². The van der Waals surface area contributed by atoms with Crippen LogP contribution in [0.5, 0.6) is 0 Å². The van der Waals surface area contributed by atoms with E-state index in [1.165, 1.54) is 50.0 Å². The predicted molar refractivity (Wildman–Crippen MR) is 192 cm³/mol. The van der Waals surface area contributed by atoms with Gasteiger partial charge in [0.1, 0.15) is 7.05 Å². The summed E-state index contributed by atoms with van der Waals surface area (Å²) in [5, 5.41) is 10.5. The van der Waals surface area contributed by atoms with Crippen LogP contribution >= 0.6 is 58.1 Å². The summed E-state index contributed by atoms with van der Waals surface area (Å²) >= 11 is 17.9. The number of hydrogen-bond donors (Lipinski definition) is 0. The number of likely N-dealkylation sites (N-methyl/N-ethyl adjacent to an activating group) is 1. The van der Waals surface area contributed by atoms with Crippen molar-refractivity contribution in [1.82, 2.24) is 10.2 Å². The van der Waals surface area contributed by atoms with Gasteiger partial charge in [0.2, 0.25) is 5.69 Å². The van der Waals surface area contributed by atoms with Gasteiger partial charge in [0.15, 0.2) is 14.4 Å². The molecule has 0 N–H and O–H groups in total. The van der Waals surface area contributed by atoms with Gasteiger partial charge in [-0.15, -0.1) is 10.2 Å². The number of halogens is 2. The fourth-order valence-corrected chi connectivity index (χ4v) is 9.76. The monoisotopic (exact) mass is 679 g/mol. The third-order valence-corrected chi connectivity index (χ3v) is 12.8. The average molecular weight is 681 g/mol. The standard InChI is InChI=1S/C35H37Cl2N4S3/c1-34(2)25-19-23(36)13-15-27(25)40(5)29(34)17-11-21-9-8-10-22(31(21)43-33-39-38-32(42-7)44-33)12-18-30-35(3,4)26-20-24(37)14-16-28(26)41(30)6/h11-20H,8-10H2,1-7H3/q+1. The Balaban J connectivity index is 1.41. The first-order chi connectivity index (χ1) is 20.9. The molecular formula is C35H37Cl2N4S3+. The Morgan fingerprint density at radius 1 is 0.909 bits per heavy atom. The van der Waals surface area contributed by atoms with Gasteiger partial charge >= 0.3 is 0 Å². The molecule has 6 rings (SSSR count). The minimum Gasteiger partial charge on any atom is -0.347 e. The molecule has 0 fully saturated rings. The molecule has 0 spiro atoms. The maximum absolute atomic E-state index is 6.42. The lowest BCUT2D eigenvalue weighted by Crippen LogP contribution is -2.26. The number of hydrogen-bond acceptors (Lipinski definition) is 6. The lowest BCUT2D eigenvalue weighted by atomic mass is 9.81. The van der Waals surface area contributed by atoms with Crippen molar-refractivity contribution in [2.75, 3.05) is 25.3 Å². The van der Waals surface area contributed by atoms with Crippen molar-refractivity contribution in [3.8, 4) is 0 Å². The maximum Gasteiger partial charge on any atom is 0.209 e. The second-order valence-electron chi connectivity index (χ2n) is 12.5. The van der Waals surface area contributed by atoms with E-state index in [2.05, 4.69) is 110 Å². The van der Waals surface area contributed by atoms with Gasteiger partial charge in [-0.05, 0) is 92.5 Å². The SMILES string of the molecule is CSc1nnc(SC2=C(/C=C/C3=[N+](C)c4ccc(Cl)cc4C3(C)C)CCC/C2=C\C=C2\N(C)c3ccc(Cl)cc3C2(C)C)s1. The summed E-state index contributed by atoms with van der Waals surface area (Å²) in [5.41, 5.74) is 9.84. The number of nitrogens with zero attached hydrogens (tertiary/aromatic N) is 4. The fourth-order valence-electron chi connectivity index (χ4n) is 6.74. The number of anilines is 1. The Kier molecular flexibility index (Phi) is 8.74. The Morgan fingerprint density at radius 3 is 2.34 bits per heavy atom. The van der Waals surface area contributed by atoms with Crippen LogP contribution in [-0.2, 0) is 10.8 Å². The molecule has 1 aliphatic carbocycles. The average Bonchev–Trinajstić information content (AvgIpc) is 3.57. The lowest BCUT2D eigenvalue weighted by Gasteiger charge is -2.25. The van der Waals surface area contributed by atoms with Crippen LogP contribution in [0.2, 0.25) is 10.0 Å². The van der Waals surface area contributed by atoms with Crippen molar-refractivity contribution in [3.05, 3.63) is 104 Å². The number of fused-ring (bicyclic) bond motifs is 2. The number of allylic oxidation sites excluding steroid dienone is 7. The second-order valence-corrected chi connectivity index (χ2v) is 16.7. The van der Waals surface area contributed by atoms with E-state index < -0.39 is 0 Å². The Hall–Kier alpha value is -2.29. The first-order valence-corrected chi connectivity index (χ1v) is 18.4. The maximum atomic E-state index is 6.42. The zero-order chi connectivity index (χ0) is 31.4.